The van der Waals surface area contributed by atoms with Gasteiger partial charge in [-0.3, -0.25) is 9.36 Å². The van der Waals surface area contributed by atoms with Gasteiger partial charge in [-0.1, -0.05) is 12.1 Å². The standard InChI is InChI=1S/C21H20F2N6O/c1-13-11-19(29-18(25-13)8-9-24-29)27-10-4-7-16(27)20-26-15-6-3-2-5-14(15)21(30)28(20)12-17(22)23/h2-3,5-6,8-9,11,16-17H,4,7,10,12H2,1H3. The molecule has 1 fully saturated rings. The van der Waals surface area contributed by atoms with Crippen molar-refractivity contribution in [2.75, 3.05) is 11.4 Å². The van der Waals surface area contributed by atoms with Crippen molar-refractivity contribution in [2.24, 2.45) is 0 Å². The summed E-state index contributed by atoms with van der Waals surface area (Å²) in [6, 6.07) is 10.3. The fraction of sp³-hybridized carbons (Fsp3) is 0.333. The molecule has 30 heavy (non-hydrogen) atoms. The molecule has 1 aromatic carbocycles. The first-order chi connectivity index (χ1) is 14.5. The summed E-state index contributed by atoms with van der Waals surface area (Å²) in [5, 5.41) is 4.72. The number of hydrogen-bond donors (Lipinski definition) is 0. The second kappa shape index (κ2) is 7.16. The molecule has 0 saturated carbocycles. The number of aromatic nitrogens is 5. The van der Waals surface area contributed by atoms with E-state index in [1.807, 2.05) is 19.1 Å². The molecule has 1 aliphatic rings. The second-order valence-corrected chi connectivity index (χ2v) is 7.50. The molecule has 0 spiro atoms. The zero-order chi connectivity index (χ0) is 20.8. The number of rotatable bonds is 4. The van der Waals surface area contributed by atoms with Crippen molar-refractivity contribution in [1.29, 1.82) is 0 Å². The maximum atomic E-state index is 13.4. The van der Waals surface area contributed by atoms with Crippen LogP contribution in [0.25, 0.3) is 16.6 Å². The summed E-state index contributed by atoms with van der Waals surface area (Å²) in [7, 11) is 0. The summed E-state index contributed by atoms with van der Waals surface area (Å²) in [4.78, 5) is 24.3. The van der Waals surface area contributed by atoms with E-state index in [4.69, 9.17) is 0 Å². The molecule has 0 bridgehead atoms. The number of fused-ring (bicyclic) bond motifs is 2. The Hall–Kier alpha value is -3.36. The molecule has 0 N–H and O–H groups in total. The summed E-state index contributed by atoms with van der Waals surface area (Å²) >= 11 is 0. The quantitative estimate of drug-likeness (QED) is 0.516. The number of nitrogens with zero attached hydrogens (tertiary/aromatic N) is 6. The Kier molecular flexibility index (Phi) is 4.45. The maximum Gasteiger partial charge on any atom is 0.261 e. The number of benzene rings is 1. The van der Waals surface area contributed by atoms with Crippen LogP contribution in [0.1, 0.15) is 30.4 Å². The summed E-state index contributed by atoms with van der Waals surface area (Å²) < 4.78 is 29.6. The van der Waals surface area contributed by atoms with Crippen LogP contribution in [-0.2, 0) is 6.54 Å². The van der Waals surface area contributed by atoms with E-state index in [1.54, 1.807) is 35.0 Å². The van der Waals surface area contributed by atoms with E-state index in [-0.39, 0.29) is 6.04 Å². The highest BCUT2D eigenvalue weighted by Gasteiger charge is 2.33. The van der Waals surface area contributed by atoms with Crippen LogP contribution in [0.5, 0.6) is 0 Å². The Morgan fingerprint density at radius 3 is 2.87 bits per heavy atom. The second-order valence-electron chi connectivity index (χ2n) is 7.50. The van der Waals surface area contributed by atoms with Crippen LogP contribution in [-0.4, -0.2) is 37.1 Å². The molecule has 1 saturated heterocycles. The molecule has 0 amide bonds. The van der Waals surface area contributed by atoms with E-state index in [0.29, 0.717) is 35.3 Å². The average Bonchev–Trinajstić information content (AvgIpc) is 3.38. The van der Waals surface area contributed by atoms with Crippen molar-refractivity contribution in [3.8, 4) is 0 Å². The molecule has 1 unspecified atom stereocenters. The first-order valence-electron chi connectivity index (χ1n) is 9.88. The Balaban J connectivity index is 1.70. The molecule has 4 heterocycles. The van der Waals surface area contributed by atoms with Crippen LogP contribution in [0.3, 0.4) is 0 Å². The van der Waals surface area contributed by atoms with Gasteiger partial charge in [0.1, 0.15) is 11.6 Å². The van der Waals surface area contributed by atoms with Gasteiger partial charge in [-0.15, -0.1) is 0 Å². The van der Waals surface area contributed by atoms with Crippen LogP contribution >= 0.6 is 0 Å². The fourth-order valence-corrected chi connectivity index (χ4v) is 4.29. The SMILES string of the molecule is Cc1cc(N2CCCC2c2nc3ccccc3c(=O)n2CC(F)F)n2nccc2n1. The fourth-order valence-electron chi connectivity index (χ4n) is 4.29. The third-order valence-corrected chi connectivity index (χ3v) is 5.53. The van der Waals surface area contributed by atoms with Gasteiger partial charge in [0.05, 0.1) is 29.7 Å². The Morgan fingerprint density at radius 2 is 2.03 bits per heavy atom. The molecule has 0 radical (unpaired) electrons. The molecule has 1 aliphatic heterocycles. The topological polar surface area (TPSA) is 68.3 Å². The van der Waals surface area contributed by atoms with Crippen LogP contribution in [0.15, 0.2) is 47.4 Å². The van der Waals surface area contributed by atoms with Gasteiger partial charge >= 0.3 is 0 Å². The van der Waals surface area contributed by atoms with E-state index in [0.717, 1.165) is 22.5 Å². The lowest BCUT2D eigenvalue weighted by atomic mass is 10.1. The van der Waals surface area contributed by atoms with Crippen LogP contribution in [0.2, 0.25) is 0 Å². The van der Waals surface area contributed by atoms with Crippen molar-refractivity contribution in [3.05, 3.63) is 64.5 Å². The molecule has 1 atom stereocenters. The van der Waals surface area contributed by atoms with Crippen molar-refractivity contribution >= 4 is 22.4 Å². The van der Waals surface area contributed by atoms with Crippen molar-refractivity contribution in [2.45, 2.75) is 38.8 Å². The van der Waals surface area contributed by atoms with Crippen LogP contribution < -0.4 is 10.5 Å². The number of alkyl halides is 2. The molecule has 0 aliphatic carbocycles. The van der Waals surface area contributed by atoms with Crippen LogP contribution in [0, 0.1) is 6.92 Å². The van der Waals surface area contributed by atoms with Gasteiger partial charge in [-0.25, -0.2) is 18.7 Å². The third kappa shape index (κ3) is 3.01. The molecule has 3 aromatic heterocycles. The third-order valence-electron chi connectivity index (χ3n) is 5.53. The minimum absolute atomic E-state index is 0.310. The number of halogens is 2. The number of aryl methyl sites for hydroxylation is 1. The Morgan fingerprint density at radius 1 is 1.20 bits per heavy atom. The van der Waals surface area contributed by atoms with Gasteiger partial charge < -0.3 is 4.90 Å². The Bertz CT molecular complexity index is 1300. The van der Waals surface area contributed by atoms with Gasteiger partial charge in [0.15, 0.2) is 5.65 Å². The summed E-state index contributed by atoms with van der Waals surface area (Å²) in [5.41, 5.74) is 1.63. The first kappa shape index (κ1) is 18.7. The molecular formula is C21H20F2N6O. The maximum absolute atomic E-state index is 13.4. The zero-order valence-corrected chi connectivity index (χ0v) is 16.4. The smallest absolute Gasteiger partial charge is 0.261 e. The molecule has 9 heteroatoms. The predicted molar refractivity (Wildman–Crippen MR) is 109 cm³/mol. The lowest BCUT2D eigenvalue weighted by molar-refractivity contribution is 0.123. The van der Waals surface area contributed by atoms with Gasteiger partial charge in [-0.05, 0) is 31.9 Å². The molecule has 5 rings (SSSR count). The Labute approximate surface area is 170 Å². The van der Waals surface area contributed by atoms with E-state index >= 15 is 0 Å². The molecular weight excluding hydrogens is 390 g/mol. The average molecular weight is 410 g/mol. The highest BCUT2D eigenvalue weighted by atomic mass is 19.3. The summed E-state index contributed by atoms with van der Waals surface area (Å²) in [6.45, 7) is 1.94. The van der Waals surface area contributed by atoms with Crippen LogP contribution in [0.4, 0.5) is 14.6 Å². The minimum Gasteiger partial charge on any atom is -0.346 e. The van der Waals surface area contributed by atoms with Crippen molar-refractivity contribution in [3.63, 3.8) is 0 Å². The molecule has 154 valence electrons. The van der Waals surface area contributed by atoms with Crippen molar-refractivity contribution < 1.29 is 8.78 Å². The van der Waals surface area contributed by atoms with E-state index in [9.17, 15) is 13.6 Å². The number of hydrogen-bond acceptors (Lipinski definition) is 5. The predicted octanol–water partition coefficient (Wildman–Crippen LogP) is 3.35. The normalized spacial score (nSPS) is 16.9. The van der Waals surface area contributed by atoms with Gasteiger partial charge in [0.25, 0.3) is 12.0 Å². The highest BCUT2D eigenvalue weighted by Crippen LogP contribution is 2.35. The van der Waals surface area contributed by atoms with E-state index in [1.165, 1.54) is 0 Å². The minimum atomic E-state index is -2.65. The summed E-state index contributed by atoms with van der Waals surface area (Å²) in [5.74, 6) is 1.18. The van der Waals surface area contributed by atoms with E-state index in [2.05, 4.69) is 20.0 Å². The number of anilines is 1. The van der Waals surface area contributed by atoms with Crippen molar-refractivity contribution in [1.82, 2.24) is 24.1 Å². The van der Waals surface area contributed by atoms with E-state index < -0.39 is 18.5 Å². The number of para-hydroxylation sites is 1. The first-order valence-corrected chi connectivity index (χ1v) is 9.88. The highest BCUT2D eigenvalue weighted by molar-refractivity contribution is 5.77. The lowest BCUT2D eigenvalue weighted by Crippen LogP contribution is -2.34. The lowest BCUT2D eigenvalue weighted by Gasteiger charge is -2.28. The van der Waals surface area contributed by atoms with Gasteiger partial charge in [0, 0.05) is 24.4 Å². The molecule has 7 nitrogen and oxygen atoms in total. The van der Waals surface area contributed by atoms with Gasteiger partial charge in [-0.2, -0.15) is 9.61 Å². The summed E-state index contributed by atoms with van der Waals surface area (Å²) in [6.07, 6.45) is 0.585. The largest absolute Gasteiger partial charge is 0.346 e. The monoisotopic (exact) mass is 410 g/mol. The molecule has 4 aromatic rings. The van der Waals surface area contributed by atoms with Gasteiger partial charge in [0.2, 0.25) is 0 Å². The zero-order valence-electron chi connectivity index (χ0n) is 16.4.